The molecule has 23 heavy (non-hydrogen) atoms. The van der Waals surface area contributed by atoms with Crippen LogP contribution in [0, 0.1) is 5.82 Å². The van der Waals surface area contributed by atoms with Crippen molar-refractivity contribution >= 4 is 11.7 Å². The van der Waals surface area contributed by atoms with Gasteiger partial charge in [0.1, 0.15) is 5.82 Å². The van der Waals surface area contributed by atoms with Gasteiger partial charge in [-0.1, -0.05) is 30.3 Å². The van der Waals surface area contributed by atoms with Gasteiger partial charge >= 0.3 is 12.2 Å². The van der Waals surface area contributed by atoms with Gasteiger partial charge < -0.3 is 10.2 Å². The zero-order valence-electron chi connectivity index (χ0n) is 12.2. The molecule has 2 rings (SSSR count). The van der Waals surface area contributed by atoms with E-state index in [4.69, 9.17) is 0 Å². The molecule has 0 aliphatic rings. The van der Waals surface area contributed by atoms with E-state index >= 15 is 0 Å². The van der Waals surface area contributed by atoms with Crippen LogP contribution in [0.1, 0.15) is 11.1 Å². The fourth-order valence-electron chi connectivity index (χ4n) is 2.04. The molecule has 0 heterocycles. The molecule has 0 aliphatic carbocycles. The number of halogens is 4. The van der Waals surface area contributed by atoms with E-state index in [2.05, 4.69) is 5.32 Å². The van der Waals surface area contributed by atoms with E-state index in [0.29, 0.717) is 0 Å². The van der Waals surface area contributed by atoms with Gasteiger partial charge in [-0.15, -0.1) is 0 Å². The van der Waals surface area contributed by atoms with Gasteiger partial charge in [-0.05, 0) is 23.8 Å². The van der Waals surface area contributed by atoms with E-state index in [1.54, 1.807) is 0 Å². The van der Waals surface area contributed by atoms with E-state index in [-0.39, 0.29) is 17.8 Å². The molecule has 1 N–H and O–H groups in total. The molecule has 0 aromatic heterocycles. The minimum atomic E-state index is -4.50. The van der Waals surface area contributed by atoms with Gasteiger partial charge in [0, 0.05) is 13.6 Å². The molecule has 0 radical (unpaired) electrons. The highest BCUT2D eigenvalue weighted by Gasteiger charge is 2.33. The summed E-state index contributed by atoms with van der Waals surface area (Å²) in [5, 5.41) is 2.32. The second-order valence-corrected chi connectivity index (χ2v) is 4.92. The van der Waals surface area contributed by atoms with Crippen LogP contribution >= 0.6 is 0 Å². The molecule has 0 spiro atoms. The first kappa shape index (κ1) is 16.8. The molecule has 0 saturated carbocycles. The van der Waals surface area contributed by atoms with E-state index < -0.39 is 23.6 Å². The Balaban J connectivity index is 2.12. The second kappa shape index (κ2) is 6.68. The largest absolute Gasteiger partial charge is 0.416 e. The Morgan fingerprint density at radius 2 is 1.70 bits per heavy atom. The van der Waals surface area contributed by atoms with Crippen molar-refractivity contribution in [3.63, 3.8) is 0 Å². The fourth-order valence-corrected chi connectivity index (χ4v) is 2.04. The molecule has 122 valence electrons. The van der Waals surface area contributed by atoms with Gasteiger partial charge in [0.15, 0.2) is 0 Å². The van der Waals surface area contributed by atoms with Crippen LogP contribution in [0.15, 0.2) is 48.5 Å². The predicted molar refractivity (Wildman–Crippen MR) is 78.3 cm³/mol. The maximum Gasteiger partial charge on any atom is 0.416 e. The number of rotatable bonds is 3. The van der Waals surface area contributed by atoms with Gasteiger partial charge in [0.05, 0.1) is 11.3 Å². The molecule has 2 amide bonds. The molecule has 0 fully saturated rings. The number of carbonyl (C=O) groups is 1. The summed E-state index contributed by atoms with van der Waals surface area (Å²) >= 11 is 0. The minimum Gasteiger partial charge on any atom is -0.323 e. The number of anilines is 1. The summed E-state index contributed by atoms with van der Waals surface area (Å²) in [5.74, 6) is -0.620. The normalized spacial score (nSPS) is 11.2. The molecule has 2 aromatic rings. The van der Waals surface area contributed by atoms with Crippen LogP contribution in [0.25, 0.3) is 0 Å². The molecule has 2 aromatic carbocycles. The highest BCUT2D eigenvalue weighted by atomic mass is 19.4. The number of para-hydroxylation sites is 1. The summed E-state index contributed by atoms with van der Waals surface area (Å²) in [6.07, 6.45) is -4.50. The molecule has 0 saturated heterocycles. The molecule has 3 nitrogen and oxygen atoms in total. The summed E-state index contributed by atoms with van der Waals surface area (Å²) in [4.78, 5) is 13.0. The molecular weight excluding hydrogens is 312 g/mol. The summed E-state index contributed by atoms with van der Waals surface area (Å²) in [6, 6.07) is 9.85. The fraction of sp³-hybridized carbons (Fsp3) is 0.188. The first-order chi connectivity index (χ1) is 10.8. The third-order valence-corrected chi connectivity index (χ3v) is 3.19. The number of carbonyl (C=O) groups excluding carboxylic acids is 1. The van der Waals surface area contributed by atoms with Gasteiger partial charge in [-0.25, -0.2) is 9.18 Å². The van der Waals surface area contributed by atoms with Crippen molar-refractivity contribution in [2.45, 2.75) is 12.7 Å². The Morgan fingerprint density at radius 1 is 1.09 bits per heavy atom. The van der Waals surface area contributed by atoms with Crippen molar-refractivity contribution in [3.8, 4) is 0 Å². The Morgan fingerprint density at radius 3 is 2.35 bits per heavy atom. The van der Waals surface area contributed by atoms with Gasteiger partial charge in [0.2, 0.25) is 0 Å². The number of hydrogen-bond donors (Lipinski definition) is 1. The lowest BCUT2D eigenvalue weighted by atomic mass is 10.1. The monoisotopic (exact) mass is 326 g/mol. The summed E-state index contributed by atoms with van der Waals surface area (Å²) in [7, 11) is 1.34. The van der Waals surface area contributed by atoms with Crippen molar-refractivity contribution in [1.29, 1.82) is 0 Å². The van der Waals surface area contributed by atoms with Crippen molar-refractivity contribution in [2.75, 3.05) is 12.4 Å². The van der Waals surface area contributed by atoms with Gasteiger partial charge in [-0.3, -0.25) is 0 Å². The number of nitrogens with one attached hydrogen (secondary N) is 1. The van der Waals surface area contributed by atoms with Crippen molar-refractivity contribution in [3.05, 3.63) is 65.5 Å². The Bertz CT molecular complexity index is 700. The lowest BCUT2D eigenvalue weighted by Crippen LogP contribution is -2.31. The van der Waals surface area contributed by atoms with Crippen LogP contribution in [0.5, 0.6) is 0 Å². The van der Waals surface area contributed by atoms with Gasteiger partial charge in [-0.2, -0.15) is 13.2 Å². The van der Waals surface area contributed by atoms with Gasteiger partial charge in [0.25, 0.3) is 0 Å². The average Bonchev–Trinajstić information content (AvgIpc) is 2.49. The topological polar surface area (TPSA) is 32.3 Å². The van der Waals surface area contributed by atoms with E-state index in [9.17, 15) is 22.4 Å². The molecule has 0 aliphatic heterocycles. The number of benzene rings is 2. The van der Waals surface area contributed by atoms with Crippen molar-refractivity contribution in [1.82, 2.24) is 4.90 Å². The number of amides is 2. The lowest BCUT2D eigenvalue weighted by molar-refractivity contribution is -0.138. The first-order valence-corrected chi connectivity index (χ1v) is 6.71. The van der Waals surface area contributed by atoms with E-state index in [1.165, 1.54) is 49.5 Å². The molecular formula is C16H14F4N2O. The zero-order valence-corrected chi connectivity index (χ0v) is 12.2. The van der Waals surface area contributed by atoms with E-state index in [0.717, 1.165) is 11.0 Å². The number of urea groups is 1. The van der Waals surface area contributed by atoms with Crippen LogP contribution in [0.4, 0.5) is 28.0 Å². The van der Waals surface area contributed by atoms with Crippen LogP contribution in [0.2, 0.25) is 0 Å². The second-order valence-electron chi connectivity index (χ2n) is 4.92. The Kier molecular flexibility index (Phi) is 4.88. The van der Waals surface area contributed by atoms with Crippen LogP contribution in [-0.4, -0.2) is 18.0 Å². The Labute approximate surface area is 130 Å². The van der Waals surface area contributed by atoms with Crippen molar-refractivity contribution < 1.29 is 22.4 Å². The van der Waals surface area contributed by atoms with Crippen molar-refractivity contribution in [2.24, 2.45) is 0 Å². The third kappa shape index (κ3) is 4.21. The average molecular weight is 326 g/mol. The highest BCUT2D eigenvalue weighted by Crippen LogP contribution is 2.32. The maximum atomic E-state index is 13.5. The first-order valence-electron chi connectivity index (χ1n) is 6.71. The molecule has 0 atom stereocenters. The summed E-state index contributed by atoms with van der Waals surface area (Å²) in [6.45, 7) is -0.254. The number of nitrogens with zero attached hydrogens (tertiary/aromatic N) is 1. The number of hydrogen-bond acceptors (Lipinski definition) is 1. The molecule has 0 unspecified atom stereocenters. The molecule has 0 bridgehead atoms. The highest BCUT2D eigenvalue weighted by molar-refractivity contribution is 5.89. The summed E-state index contributed by atoms with van der Waals surface area (Å²) in [5.41, 5.74) is -0.870. The third-order valence-electron chi connectivity index (χ3n) is 3.19. The number of alkyl halides is 3. The molecule has 7 heteroatoms. The standard InChI is InChI=1S/C16H14F4N2O/c1-22(15(23)21-14-9-5-4-8-13(14)17)10-11-6-2-3-7-12(11)16(18,19)20/h2-9H,10H2,1H3,(H,21,23). The van der Waals surface area contributed by atoms with Crippen LogP contribution < -0.4 is 5.32 Å². The van der Waals surface area contributed by atoms with E-state index in [1.807, 2.05) is 0 Å². The quantitative estimate of drug-likeness (QED) is 0.827. The maximum absolute atomic E-state index is 13.5. The lowest BCUT2D eigenvalue weighted by Gasteiger charge is -2.20. The summed E-state index contributed by atoms with van der Waals surface area (Å²) < 4.78 is 52.3. The predicted octanol–water partition coefficient (Wildman–Crippen LogP) is 4.51. The smallest absolute Gasteiger partial charge is 0.323 e. The minimum absolute atomic E-state index is 0.0338. The SMILES string of the molecule is CN(Cc1ccccc1C(F)(F)F)C(=O)Nc1ccccc1F. The van der Waals surface area contributed by atoms with Crippen LogP contribution in [-0.2, 0) is 12.7 Å². The Hall–Kier alpha value is -2.57. The zero-order chi connectivity index (χ0) is 17.0. The van der Waals surface area contributed by atoms with Crippen LogP contribution in [0.3, 0.4) is 0 Å².